The zero-order chi connectivity index (χ0) is 11.8. The number of aryl methyl sites for hydroxylation is 1. The third-order valence-corrected chi connectivity index (χ3v) is 4.40. The lowest BCUT2D eigenvalue weighted by molar-refractivity contribution is 0.108. The summed E-state index contributed by atoms with van der Waals surface area (Å²) < 4.78 is 27.1. The number of aromatic nitrogens is 2. The highest BCUT2D eigenvalue weighted by atomic mass is 32.2. The highest BCUT2D eigenvalue weighted by Crippen LogP contribution is 2.18. The van der Waals surface area contributed by atoms with Crippen molar-refractivity contribution in [1.82, 2.24) is 13.9 Å². The predicted octanol–water partition coefficient (Wildman–Crippen LogP) is -0.435. The summed E-state index contributed by atoms with van der Waals surface area (Å²) in [7, 11) is -1.81. The van der Waals surface area contributed by atoms with Crippen LogP contribution < -0.4 is 0 Å². The lowest BCUT2D eigenvalue weighted by Gasteiger charge is -2.28. The third-order valence-electron chi connectivity index (χ3n) is 2.64. The number of nitrogens with zero attached hydrogens (tertiary/aromatic N) is 3. The van der Waals surface area contributed by atoms with Gasteiger partial charge in [-0.25, -0.2) is 13.4 Å². The standard InChI is InChI=1S/C9H15N3O3S/c1-11-6-9(10-7-11)16(14,15)12-4-2-3-8(13)5-12/h6-8,13H,2-5H2,1H3/t8-/m0/s1. The molecule has 90 valence electrons. The topological polar surface area (TPSA) is 75.4 Å². The smallest absolute Gasteiger partial charge is 0.262 e. The average molecular weight is 245 g/mol. The number of aliphatic hydroxyl groups excluding tert-OH is 1. The van der Waals surface area contributed by atoms with Crippen LogP contribution in [0.15, 0.2) is 17.6 Å². The SMILES string of the molecule is Cn1cnc(S(=O)(=O)N2CCC[C@H](O)C2)c1. The van der Waals surface area contributed by atoms with Gasteiger partial charge in [0.1, 0.15) is 0 Å². The van der Waals surface area contributed by atoms with Crippen molar-refractivity contribution in [3.8, 4) is 0 Å². The molecule has 1 N–H and O–H groups in total. The van der Waals surface area contributed by atoms with Crippen molar-refractivity contribution in [2.45, 2.75) is 24.0 Å². The van der Waals surface area contributed by atoms with Crippen molar-refractivity contribution in [1.29, 1.82) is 0 Å². The third kappa shape index (κ3) is 2.11. The Hall–Kier alpha value is -0.920. The van der Waals surface area contributed by atoms with Gasteiger partial charge in [-0.15, -0.1) is 0 Å². The molecule has 0 aromatic carbocycles. The summed E-state index contributed by atoms with van der Waals surface area (Å²) in [6.45, 7) is 0.620. The first-order chi connectivity index (χ1) is 7.50. The Labute approximate surface area is 94.6 Å². The van der Waals surface area contributed by atoms with E-state index in [4.69, 9.17) is 0 Å². The Bertz CT molecular complexity index is 468. The average Bonchev–Trinajstić information content (AvgIpc) is 2.65. The first-order valence-electron chi connectivity index (χ1n) is 5.16. The maximum atomic E-state index is 12.1. The number of aliphatic hydroxyl groups is 1. The molecule has 1 fully saturated rings. The van der Waals surface area contributed by atoms with Crippen LogP contribution in [0.5, 0.6) is 0 Å². The lowest BCUT2D eigenvalue weighted by Crippen LogP contribution is -2.42. The summed E-state index contributed by atoms with van der Waals surface area (Å²) in [5.41, 5.74) is 0. The fourth-order valence-electron chi connectivity index (χ4n) is 1.79. The minimum atomic E-state index is -3.53. The number of piperidine rings is 1. The van der Waals surface area contributed by atoms with Crippen molar-refractivity contribution >= 4 is 10.0 Å². The number of rotatable bonds is 2. The van der Waals surface area contributed by atoms with Crippen LogP contribution in [0.3, 0.4) is 0 Å². The van der Waals surface area contributed by atoms with Gasteiger partial charge in [0.05, 0.1) is 12.4 Å². The molecule has 1 aromatic heterocycles. The molecule has 1 aliphatic rings. The van der Waals surface area contributed by atoms with Crippen molar-refractivity contribution < 1.29 is 13.5 Å². The minimum Gasteiger partial charge on any atom is -0.392 e. The first-order valence-corrected chi connectivity index (χ1v) is 6.60. The zero-order valence-electron chi connectivity index (χ0n) is 9.07. The summed E-state index contributed by atoms with van der Waals surface area (Å²) in [4.78, 5) is 3.84. The second-order valence-electron chi connectivity index (χ2n) is 4.04. The molecule has 16 heavy (non-hydrogen) atoms. The minimum absolute atomic E-state index is 0.0455. The van der Waals surface area contributed by atoms with Crippen molar-refractivity contribution in [3.05, 3.63) is 12.5 Å². The monoisotopic (exact) mass is 245 g/mol. The van der Waals surface area contributed by atoms with E-state index in [1.165, 1.54) is 16.8 Å². The van der Waals surface area contributed by atoms with E-state index in [2.05, 4.69) is 4.98 Å². The van der Waals surface area contributed by atoms with E-state index >= 15 is 0 Å². The number of imidazole rings is 1. The van der Waals surface area contributed by atoms with Crippen LogP contribution in [0, 0.1) is 0 Å². The molecule has 2 rings (SSSR count). The Morgan fingerprint density at radius 2 is 2.31 bits per heavy atom. The molecule has 0 aliphatic carbocycles. The molecule has 1 atom stereocenters. The molecule has 0 amide bonds. The zero-order valence-corrected chi connectivity index (χ0v) is 9.89. The maximum Gasteiger partial charge on any atom is 0.262 e. The Morgan fingerprint density at radius 3 is 2.88 bits per heavy atom. The van der Waals surface area contributed by atoms with Gasteiger partial charge in [0.25, 0.3) is 10.0 Å². The van der Waals surface area contributed by atoms with Gasteiger partial charge in [0.2, 0.25) is 0 Å². The molecule has 0 saturated carbocycles. The Kier molecular flexibility index (Phi) is 3.00. The molecule has 1 aromatic rings. The summed E-state index contributed by atoms with van der Waals surface area (Å²) in [6.07, 6.45) is 3.71. The van der Waals surface area contributed by atoms with Gasteiger partial charge in [-0.05, 0) is 12.8 Å². The van der Waals surface area contributed by atoms with E-state index in [-0.39, 0.29) is 11.6 Å². The first kappa shape index (κ1) is 11.6. The molecule has 6 nitrogen and oxygen atoms in total. The second-order valence-corrected chi connectivity index (χ2v) is 5.92. The van der Waals surface area contributed by atoms with Gasteiger partial charge >= 0.3 is 0 Å². The highest BCUT2D eigenvalue weighted by Gasteiger charge is 2.30. The van der Waals surface area contributed by atoms with E-state index in [0.29, 0.717) is 19.4 Å². The number of β-amino-alcohol motifs (C(OH)–C–C–N with tert-alkyl or cyclic N) is 1. The summed E-state index contributed by atoms with van der Waals surface area (Å²) in [5.74, 6) is 0. The predicted molar refractivity (Wildman–Crippen MR) is 57.2 cm³/mol. The summed E-state index contributed by atoms with van der Waals surface area (Å²) >= 11 is 0. The Morgan fingerprint density at radius 1 is 1.56 bits per heavy atom. The van der Waals surface area contributed by atoms with E-state index in [1.54, 1.807) is 11.6 Å². The molecule has 0 bridgehead atoms. The van der Waals surface area contributed by atoms with Crippen LogP contribution in [-0.2, 0) is 17.1 Å². The van der Waals surface area contributed by atoms with Crippen molar-refractivity contribution in [3.63, 3.8) is 0 Å². The summed E-state index contributed by atoms with van der Waals surface area (Å²) in [5, 5.41) is 9.51. The van der Waals surface area contributed by atoms with Gasteiger partial charge in [-0.3, -0.25) is 0 Å². The normalized spacial score (nSPS) is 23.5. The largest absolute Gasteiger partial charge is 0.392 e. The molecular formula is C9H15N3O3S. The molecule has 0 spiro atoms. The molecule has 2 heterocycles. The second kappa shape index (κ2) is 4.15. The van der Waals surface area contributed by atoms with Crippen LogP contribution >= 0.6 is 0 Å². The van der Waals surface area contributed by atoms with Crippen LogP contribution in [0.2, 0.25) is 0 Å². The van der Waals surface area contributed by atoms with Gasteiger partial charge in [-0.1, -0.05) is 0 Å². The molecule has 0 radical (unpaired) electrons. The molecule has 1 aliphatic heterocycles. The molecular weight excluding hydrogens is 230 g/mol. The molecule has 1 saturated heterocycles. The van der Waals surface area contributed by atoms with Crippen LogP contribution in [0.25, 0.3) is 0 Å². The fourth-order valence-corrected chi connectivity index (χ4v) is 3.28. The van der Waals surface area contributed by atoms with Crippen LogP contribution in [0.4, 0.5) is 0 Å². The van der Waals surface area contributed by atoms with Crippen molar-refractivity contribution in [2.75, 3.05) is 13.1 Å². The molecule has 7 heteroatoms. The van der Waals surface area contributed by atoms with Gasteiger partial charge in [0.15, 0.2) is 5.03 Å². The van der Waals surface area contributed by atoms with Gasteiger partial charge in [-0.2, -0.15) is 4.31 Å². The van der Waals surface area contributed by atoms with Gasteiger partial charge < -0.3 is 9.67 Å². The number of sulfonamides is 1. The van der Waals surface area contributed by atoms with Crippen LogP contribution in [0.1, 0.15) is 12.8 Å². The van der Waals surface area contributed by atoms with E-state index in [1.807, 2.05) is 0 Å². The maximum absolute atomic E-state index is 12.1. The van der Waals surface area contributed by atoms with Crippen molar-refractivity contribution in [2.24, 2.45) is 7.05 Å². The fraction of sp³-hybridized carbons (Fsp3) is 0.667. The molecule has 0 unspecified atom stereocenters. The number of hydrogen-bond donors (Lipinski definition) is 1. The lowest BCUT2D eigenvalue weighted by atomic mass is 10.1. The van der Waals surface area contributed by atoms with E-state index in [0.717, 1.165) is 0 Å². The van der Waals surface area contributed by atoms with Gasteiger partial charge in [0, 0.05) is 26.3 Å². The van der Waals surface area contributed by atoms with E-state index in [9.17, 15) is 13.5 Å². The highest BCUT2D eigenvalue weighted by molar-refractivity contribution is 7.89. The Balaban J connectivity index is 2.25. The van der Waals surface area contributed by atoms with Crippen LogP contribution in [-0.4, -0.2) is 46.6 Å². The summed E-state index contributed by atoms with van der Waals surface area (Å²) in [6, 6.07) is 0. The number of hydrogen-bond acceptors (Lipinski definition) is 4. The van der Waals surface area contributed by atoms with E-state index < -0.39 is 16.1 Å². The quantitative estimate of drug-likeness (QED) is 0.767.